The topological polar surface area (TPSA) is 55.1 Å². The zero-order valence-electron chi connectivity index (χ0n) is 13.6. The van der Waals surface area contributed by atoms with E-state index in [2.05, 4.69) is 40.3 Å². The Kier molecular flexibility index (Phi) is 6.52. The van der Waals surface area contributed by atoms with Gasteiger partial charge < -0.3 is 11.1 Å². The van der Waals surface area contributed by atoms with Gasteiger partial charge in [-0.1, -0.05) is 28.4 Å². The summed E-state index contributed by atoms with van der Waals surface area (Å²) in [7, 11) is 0. The van der Waals surface area contributed by atoms with Gasteiger partial charge in [-0.15, -0.1) is 12.4 Å². The van der Waals surface area contributed by atoms with Crippen LogP contribution in [-0.4, -0.2) is 11.9 Å². The van der Waals surface area contributed by atoms with Gasteiger partial charge in [-0.05, 0) is 67.7 Å². The van der Waals surface area contributed by atoms with Crippen molar-refractivity contribution in [1.82, 2.24) is 5.32 Å². The number of aryl methyl sites for hydroxylation is 1. The minimum Gasteiger partial charge on any atom is -0.352 e. The molecule has 1 amide bonds. The lowest BCUT2D eigenvalue weighted by Crippen LogP contribution is -2.49. The molecule has 2 aliphatic rings. The maximum Gasteiger partial charge on any atom is 0.223 e. The largest absolute Gasteiger partial charge is 0.352 e. The van der Waals surface area contributed by atoms with Crippen molar-refractivity contribution in [2.45, 2.75) is 51.6 Å². The van der Waals surface area contributed by atoms with Crippen LogP contribution in [-0.2, 0) is 11.3 Å². The molecular formula is C18H26BrClN2O. The number of carbonyl (C=O) groups excluding carboxylic acids is 1. The zero-order chi connectivity index (χ0) is 15.7. The van der Waals surface area contributed by atoms with Crippen molar-refractivity contribution in [1.29, 1.82) is 0 Å². The van der Waals surface area contributed by atoms with E-state index in [1.165, 1.54) is 30.4 Å². The summed E-state index contributed by atoms with van der Waals surface area (Å²) in [6.07, 6.45) is 5.64. The first-order valence-electron chi connectivity index (χ1n) is 8.33. The van der Waals surface area contributed by atoms with Crippen molar-refractivity contribution in [3.63, 3.8) is 0 Å². The van der Waals surface area contributed by atoms with E-state index in [9.17, 15) is 4.79 Å². The van der Waals surface area contributed by atoms with Crippen molar-refractivity contribution in [3.8, 4) is 0 Å². The molecule has 0 spiro atoms. The minimum atomic E-state index is 0. The summed E-state index contributed by atoms with van der Waals surface area (Å²) in [5.41, 5.74) is 8.70. The monoisotopic (exact) mass is 400 g/mol. The van der Waals surface area contributed by atoms with E-state index in [4.69, 9.17) is 5.73 Å². The number of rotatable bonds is 3. The van der Waals surface area contributed by atoms with Gasteiger partial charge in [-0.3, -0.25) is 4.79 Å². The number of carbonyl (C=O) groups is 1. The normalized spacial score (nSPS) is 29.5. The van der Waals surface area contributed by atoms with E-state index in [-0.39, 0.29) is 24.2 Å². The number of amides is 1. The van der Waals surface area contributed by atoms with Gasteiger partial charge in [-0.25, -0.2) is 0 Å². The molecule has 0 saturated heterocycles. The molecule has 2 atom stereocenters. The molecule has 0 radical (unpaired) electrons. The number of nitrogens with two attached hydrogens (primary N) is 1. The number of hydrogen-bond acceptors (Lipinski definition) is 2. The van der Waals surface area contributed by atoms with Gasteiger partial charge in [0.25, 0.3) is 0 Å². The first-order chi connectivity index (χ1) is 10.5. The van der Waals surface area contributed by atoms with Crippen LogP contribution in [0.15, 0.2) is 22.7 Å². The van der Waals surface area contributed by atoms with Crippen molar-refractivity contribution in [2.75, 3.05) is 0 Å². The molecule has 3 N–H and O–H groups in total. The number of nitrogens with one attached hydrogen (secondary N) is 1. The van der Waals surface area contributed by atoms with Crippen LogP contribution in [0.1, 0.15) is 43.2 Å². The van der Waals surface area contributed by atoms with E-state index in [0.717, 1.165) is 17.3 Å². The summed E-state index contributed by atoms with van der Waals surface area (Å²) in [5, 5.41) is 3.14. The third-order valence-corrected chi connectivity index (χ3v) is 6.03. The molecule has 23 heavy (non-hydrogen) atoms. The fraction of sp³-hybridized carbons (Fsp3) is 0.611. The van der Waals surface area contributed by atoms with Gasteiger partial charge in [0, 0.05) is 23.0 Å². The van der Waals surface area contributed by atoms with Gasteiger partial charge >= 0.3 is 0 Å². The summed E-state index contributed by atoms with van der Waals surface area (Å²) in [5.74, 6) is 1.48. The molecule has 0 aliphatic heterocycles. The van der Waals surface area contributed by atoms with Gasteiger partial charge in [-0.2, -0.15) is 0 Å². The van der Waals surface area contributed by atoms with E-state index in [0.29, 0.717) is 24.4 Å². The van der Waals surface area contributed by atoms with Crippen LogP contribution in [0.5, 0.6) is 0 Å². The molecular weight excluding hydrogens is 376 g/mol. The fourth-order valence-electron chi connectivity index (χ4n) is 4.19. The maximum atomic E-state index is 12.5. The molecule has 128 valence electrons. The standard InChI is InChI=1S/C18H25BrN2O.ClH/c1-11-7-16(19)6-5-14(11)10-21-18(22)15-8-12-3-2-4-13(9-15)17(12)20;/h5-7,12-13,15,17H,2-4,8-10,20H2,1H3,(H,21,22);1H. The Balaban J connectivity index is 0.00000192. The van der Waals surface area contributed by atoms with Gasteiger partial charge in [0.1, 0.15) is 0 Å². The molecule has 3 nitrogen and oxygen atoms in total. The van der Waals surface area contributed by atoms with Crippen LogP contribution < -0.4 is 11.1 Å². The second-order valence-corrected chi connectivity index (χ2v) is 7.90. The molecule has 0 heterocycles. The van der Waals surface area contributed by atoms with Crippen LogP contribution in [0.2, 0.25) is 0 Å². The van der Waals surface area contributed by atoms with Crippen molar-refractivity contribution in [3.05, 3.63) is 33.8 Å². The van der Waals surface area contributed by atoms with Crippen molar-refractivity contribution in [2.24, 2.45) is 23.5 Å². The minimum absolute atomic E-state index is 0. The Morgan fingerprint density at radius 1 is 1.30 bits per heavy atom. The summed E-state index contributed by atoms with van der Waals surface area (Å²) in [4.78, 5) is 12.5. The molecule has 2 aliphatic carbocycles. The van der Waals surface area contributed by atoms with E-state index < -0.39 is 0 Å². The lowest BCUT2D eigenvalue weighted by atomic mass is 9.65. The van der Waals surface area contributed by atoms with Crippen LogP contribution in [0.3, 0.4) is 0 Å². The highest BCUT2D eigenvalue weighted by atomic mass is 79.9. The molecule has 2 saturated carbocycles. The smallest absolute Gasteiger partial charge is 0.223 e. The highest BCUT2D eigenvalue weighted by Gasteiger charge is 2.40. The first kappa shape index (κ1) is 18.8. The first-order valence-corrected chi connectivity index (χ1v) is 9.12. The lowest BCUT2D eigenvalue weighted by Gasteiger charge is -2.43. The number of fused-ring (bicyclic) bond motifs is 2. The predicted molar refractivity (Wildman–Crippen MR) is 99.5 cm³/mol. The third kappa shape index (κ3) is 4.28. The SMILES string of the molecule is Cc1cc(Br)ccc1CNC(=O)C1CC2CCCC(C1)C2N.Cl. The molecule has 3 rings (SSSR count). The lowest BCUT2D eigenvalue weighted by molar-refractivity contribution is -0.128. The molecule has 1 aromatic rings. The third-order valence-electron chi connectivity index (χ3n) is 5.54. The van der Waals surface area contributed by atoms with Crippen LogP contribution >= 0.6 is 28.3 Å². The highest BCUT2D eigenvalue weighted by Crippen LogP contribution is 2.41. The van der Waals surface area contributed by atoms with E-state index in [1.807, 2.05) is 6.07 Å². The maximum absolute atomic E-state index is 12.5. The van der Waals surface area contributed by atoms with Crippen molar-refractivity contribution >= 4 is 34.2 Å². The number of benzene rings is 1. The summed E-state index contributed by atoms with van der Waals surface area (Å²) in [6.45, 7) is 2.70. The Hall–Kier alpha value is -0.580. The zero-order valence-corrected chi connectivity index (χ0v) is 16.0. The van der Waals surface area contributed by atoms with E-state index in [1.54, 1.807) is 0 Å². The molecule has 0 aromatic heterocycles. The molecule has 1 aromatic carbocycles. The second kappa shape index (κ2) is 8.00. The number of halogens is 2. The quantitative estimate of drug-likeness (QED) is 0.805. The van der Waals surface area contributed by atoms with Crippen LogP contribution in [0, 0.1) is 24.7 Å². The number of hydrogen-bond donors (Lipinski definition) is 2. The summed E-state index contributed by atoms with van der Waals surface area (Å²) >= 11 is 3.47. The molecule has 2 bridgehead atoms. The fourth-order valence-corrected chi connectivity index (χ4v) is 4.66. The Bertz CT molecular complexity index is 552. The van der Waals surface area contributed by atoms with Gasteiger partial charge in [0.05, 0.1) is 0 Å². The molecule has 2 fully saturated rings. The average molecular weight is 402 g/mol. The Morgan fingerprint density at radius 2 is 1.96 bits per heavy atom. The van der Waals surface area contributed by atoms with E-state index >= 15 is 0 Å². The predicted octanol–water partition coefficient (Wildman–Crippen LogP) is 3.95. The highest BCUT2D eigenvalue weighted by molar-refractivity contribution is 9.10. The van der Waals surface area contributed by atoms with Crippen molar-refractivity contribution < 1.29 is 4.79 Å². The van der Waals surface area contributed by atoms with Gasteiger partial charge in [0.15, 0.2) is 0 Å². The average Bonchev–Trinajstić information content (AvgIpc) is 2.45. The Morgan fingerprint density at radius 3 is 2.57 bits per heavy atom. The molecule has 5 heteroatoms. The Labute approximate surface area is 153 Å². The summed E-state index contributed by atoms with van der Waals surface area (Å²) < 4.78 is 1.08. The van der Waals surface area contributed by atoms with Crippen LogP contribution in [0.25, 0.3) is 0 Å². The van der Waals surface area contributed by atoms with Crippen LogP contribution in [0.4, 0.5) is 0 Å². The second-order valence-electron chi connectivity index (χ2n) is 6.99. The van der Waals surface area contributed by atoms with Gasteiger partial charge in [0.2, 0.25) is 5.91 Å². The summed E-state index contributed by atoms with van der Waals surface area (Å²) in [6, 6.07) is 6.52. The molecule has 2 unspecified atom stereocenters.